The molecule has 4 aromatic rings. The summed E-state index contributed by atoms with van der Waals surface area (Å²) in [6.45, 7) is 2.60. The molecule has 0 radical (unpaired) electrons. The summed E-state index contributed by atoms with van der Waals surface area (Å²) in [5.41, 5.74) is -1.86. The third kappa shape index (κ3) is 10.6. The van der Waals surface area contributed by atoms with Crippen molar-refractivity contribution in [2.24, 2.45) is 0 Å². The smallest absolute Gasteiger partial charge is 0.351 e. The first-order valence-electron chi connectivity index (χ1n) is 24.4. The van der Waals surface area contributed by atoms with Gasteiger partial charge in [0.2, 0.25) is 29.5 Å². The second-order valence-electron chi connectivity index (χ2n) is 18.3. The molecular weight excluding hydrogens is 952 g/mol. The van der Waals surface area contributed by atoms with Gasteiger partial charge in [-0.25, -0.2) is 0 Å². The predicted octanol–water partition coefficient (Wildman–Crippen LogP) is 6.60. The van der Waals surface area contributed by atoms with Gasteiger partial charge in [0.05, 0.1) is 13.2 Å². The predicted molar refractivity (Wildman–Crippen MR) is 261 cm³/mol. The van der Waals surface area contributed by atoms with Crippen LogP contribution < -0.4 is 15.5 Å². The Bertz CT molecular complexity index is 2870. The van der Waals surface area contributed by atoms with Crippen molar-refractivity contribution in [1.82, 2.24) is 30.3 Å². The standard InChI is InChI=1S/C52H58F2N7O10P/c1-4-70-72(69,71-5-2)52(53,54)35-21-23-40-34(29-35)30-41(55-40)47(64)56-42-32-59(28-27-37-22-24-44(61(37)50(42)67)51(68)58(3)36-17-11-9-12-18-36)46(63)20-13-8-6-7-10-15-33-16-14-19-38-39(33)31-60(49(38)66)43-25-26-45(62)57-48(43)65/h9,11-12,14,16-19,21,23,29-30,37,42-44,55H,4-8,13,20,22,24-28,31-32H2,1-3H3,(H,56,64)(H,57,62,65)/t37-,42+,43?,44+/m1/s1. The summed E-state index contributed by atoms with van der Waals surface area (Å²) in [5.74, 6) is 3.47. The van der Waals surface area contributed by atoms with E-state index >= 15 is 8.78 Å². The number of para-hydroxylation sites is 1. The lowest BCUT2D eigenvalue weighted by atomic mass is 10.0. The Labute approximate surface area is 415 Å². The number of aromatic nitrogens is 1. The van der Waals surface area contributed by atoms with Crippen LogP contribution >= 0.6 is 7.60 Å². The molecule has 3 N–H and O–H groups in total. The Morgan fingerprint density at radius 1 is 0.917 bits per heavy atom. The van der Waals surface area contributed by atoms with Crippen LogP contribution in [0.15, 0.2) is 72.8 Å². The number of fused-ring (bicyclic) bond motifs is 3. The van der Waals surface area contributed by atoms with E-state index in [0.717, 1.165) is 17.7 Å². The van der Waals surface area contributed by atoms with Gasteiger partial charge in [0, 0.05) is 85.3 Å². The van der Waals surface area contributed by atoms with E-state index in [2.05, 4.69) is 27.5 Å². The fourth-order valence-corrected chi connectivity index (χ4v) is 11.5. The number of rotatable bonds is 16. The summed E-state index contributed by atoms with van der Waals surface area (Å²) in [7, 11) is -3.28. The van der Waals surface area contributed by atoms with Crippen molar-refractivity contribution >= 4 is 65.5 Å². The summed E-state index contributed by atoms with van der Waals surface area (Å²) >= 11 is 0. The molecule has 8 rings (SSSR count). The van der Waals surface area contributed by atoms with Gasteiger partial charge in [0.1, 0.15) is 23.8 Å². The molecule has 3 aromatic carbocycles. The molecule has 17 nitrogen and oxygen atoms in total. The number of alkyl halides is 2. The van der Waals surface area contributed by atoms with Crippen molar-refractivity contribution in [2.75, 3.05) is 38.3 Å². The lowest BCUT2D eigenvalue weighted by Gasteiger charge is -2.39. The van der Waals surface area contributed by atoms with Gasteiger partial charge in [-0.2, -0.15) is 8.78 Å². The number of likely N-dealkylation sites (N-methyl/N-ethyl adjacent to an activating group) is 1. The van der Waals surface area contributed by atoms with Crippen LogP contribution in [0.5, 0.6) is 0 Å². The van der Waals surface area contributed by atoms with Crippen molar-refractivity contribution in [3.05, 3.63) is 101 Å². The monoisotopic (exact) mass is 1010 g/mol. The number of hydrogen-bond donors (Lipinski definition) is 3. The minimum atomic E-state index is -4.92. The summed E-state index contributed by atoms with van der Waals surface area (Å²) in [4.78, 5) is 103. The van der Waals surface area contributed by atoms with Crippen molar-refractivity contribution < 1.29 is 56.0 Å². The molecule has 0 bridgehead atoms. The minimum absolute atomic E-state index is 0.0622. The Hall–Kier alpha value is -6.74. The van der Waals surface area contributed by atoms with Gasteiger partial charge in [-0.05, 0) is 100 Å². The third-order valence-electron chi connectivity index (χ3n) is 13.8. The second kappa shape index (κ2) is 21.9. The first kappa shape index (κ1) is 51.6. The van der Waals surface area contributed by atoms with Gasteiger partial charge < -0.3 is 38.9 Å². The number of aromatic amines is 1. The number of imide groups is 1. The summed E-state index contributed by atoms with van der Waals surface area (Å²) in [6, 6.07) is 15.9. The number of halogens is 2. The van der Waals surface area contributed by atoms with Crippen LogP contribution in [0, 0.1) is 11.8 Å². The molecule has 0 aliphatic carbocycles. The molecule has 0 saturated carbocycles. The SMILES string of the molecule is CCOP(=O)(OCC)C(F)(F)c1ccc2[nH]c(C(=O)N[C@H]3CN(C(=O)CCCCCC#Cc4cccc5c4CN(C4CCC(=O)NC4=O)C5=O)CC[C@H]4CC[C@@H](C(=O)N(C)c5ccccc5)N4C3=O)cc2c1. The van der Waals surface area contributed by atoms with Gasteiger partial charge >= 0.3 is 13.3 Å². The normalized spacial score (nSPS) is 20.3. The number of benzene rings is 3. The highest BCUT2D eigenvalue weighted by molar-refractivity contribution is 7.54. The highest BCUT2D eigenvalue weighted by Crippen LogP contribution is 2.67. The number of amides is 7. The van der Waals surface area contributed by atoms with Crippen LogP contribution in [0.1, 0.15) is 116 Å². The molecule has 72 heavy (non-hydrogen) atoms. The van der Waals surface area contributed by atoms with Crippen molar-refractivity contribution in [2.45, 2.75) is 114 Å². The summed E-state index contributed by atoms with van der Waals surface area (Å²) < 4.78 is 54.6. The molecule has 1 unspecified atom stereocenters. The van der Waals surface area contributed by atoms with Crippen LogP contribution in [0.4, 0.5) is 14.5 Å². The van der Waals surface area contributed by atoms with Crippen LogP contribution in [0.25, 0.3) is 10.9 Å². The Kier molecular flexibility index (Phi) is 15.7. The molecule has 4 aliphatic heterocycles. The highest BCUT2D eigenvalue weighted by Gasteiger charge is 2.55. The van der Waals surface area contributed by atoms with Crippen molar-refractivity contribution in [1.29, 1.82) is 0 Å². The molecule has 4 atom stereocenters. The van der Waals surface area contributed by atoms with Crippen LogP contribution in [-0.4, -0.2) is 119 Å². The van der Waals surface area contributed by atoms with Gasteiger partial charge in [-0.1, -0.05) is 48.6 Å². The molecule has 7 amide bonds. The molecule has 20 heteroatoms. The van der Waals surface area contributed by atoms with Gasteiger partial charge in [-0.3, -0.25) is 43.4 Å². The van der Waals surface area contributed by atoms with Gasteiger partial charge in [-0.15, -0.1) is 0 Å². The summed E-state index contributed by atoms with van der Waals surface area (Å²) in [6.07, 6.45) is 4.28. The fraction of sp³-hybridized carbons (Fsp3) is 0.442. The topological polar surface area (TPSA) is 208 Å². The number of unbranched alkanes of at least 4 members (excludes halogenated alkanes) is 3. The Balaban J connectivity index is 0.937. The molecule has 0 spiro atoms. The average molecular weight is 1010 g/mol. The molecule has 3 saturated heterocycles. The molecule has 5 heterocycles. The van der Waals surface area contributed by atoms with Crippen LogP contribution in [0.3, 0.4) is 0 Å². The van der Waals surface area contributed by atoms with Gasteiger partial charge in [0.25, 0.3) is 11.8 Å². The zero-order valence-corrected chi connectivity index (χ0v) is 41.3. The highest BCUT2D eigenvalue weighted by atomic mass is 31.2. The molecule has 1 aromatic heterocycles. The van der Waals surface area contributed by atoms with E-state index in [1.165, 1.54) is 35.8 Å². The number of hydrogen-bond acceptors (Lipinski definition) is 10. The molecular formula is C52H58F2N7O10P. The third-order valence-corrected chi connectivity index (χ3v) is 15.9. The maximum atomic E-state index is 15.7. The largest absolute Gasteiger partial charge is 0.404 e. The second-order valence-corrected chi connectivity index (χ2v) is 20.4. The van der Waals surface area contributed by atoms with E-state index in [1.807, 2.05) is 24.3 Å². The van der Waals surface area contributed by atoms with E-state index < -0.39 is 60.7 Å². The maximum absolute atomic E-state index is 15.7. The van der Waals surface area contributed by atoms with Crippen molar-refractivity contribution in [3.8, 4) is 11.8 Å². The lowest BCUT2D eigenvalue weighted by molar-refractivity contribution is -0.144. The van der Waals surface area contributed by atoms with Crippen molar-refractivity contribution in [3.63, 3.8) is 0 Å². The van der Waals surface area contributed by atoms with Gasteiger partial charge in [0.15, 0.2) is 0 Å². The number of nitrogens with one attached hydrogen (secondary N) is 3. The van der Waals surface area contributed by atoms with Crippen LogP contribution in [0.2, 0.25) is 0 Å². The molecule has 3 fully saturated rings. The molecule has 4 aliphatic rings. The van der Waals surface area contributed by atoms with E-state index in [4.69, 9.17) is 9.05 Å². The van der Waals surface area contributed by atoms with E-state index in [0.29, 0.717) is 67.3 Å². The number of anilines is 1. The molecule has 380 valence electrons. The average Bonchev–Trinajstić information content (AvgIpc) is 4.09. The lowest BCUT2D eigenvalue weighted by Crippen LogP contribution is -2.61. The summed E-state index contributed by atoms with van der Waals surface area (Å²) in [5, 5.41) is 5.31. The first-order valence-corrected chi connectivity index (χ1v) is 26.0. The Morgan fingerprint density at radius 3 is 2.42 bits per heavy atom. The van der Waals surface area contributed by atoms with Crippen LogP contribution in [-0.2, 0) is 49.8 Å². The number of carbonyl (C=O) groups is 7. The quantitative estimate of drug-likeness (QED) is 0.0474. The first-order chi connectivity index (χ1) is 34.5. The fourth-order valence-electron chi connectivity index (χ4n) is 10.0. The van der Waals surface area contributed by atoms with E-state index in [-0.39, 0.29) is 86.8 Å². The zero-order valence-electron chi connectivity index (χ0n) is 40.4. The number of carbonyl (C=O) groups excluding carboxylic acids is 7. The minimum Gasteiger partial charge on any atom is -0.351 e. The zero-order chi connectivity index (χ0) is 51.3. The Morgan fingerprint density at radius 2 is 1.68 bits per heavy atom. The number of nitrogens with zero attached hydrogens (tertiary/aromatic N) is 4. The van der Waals surface area contributed by atoms with E-state index in [1.54, 1.807) is 41.1 Å². The van der Waals surface area contributed by atoms with E-state index in [9.17, 15) is 38.1 Å². The number of H-pyrrole nitrogens is 1. The number of piperidine rings is 1. The maximum Gasteiger partial charge on any atom is 0.404 e.